The number of nitrogens with zero attached hydrogens (tertiary/aromatic N) is 1. The molecule has 1 N–H and O–H groups in total. The van der Waals surface area contributed by atoms with Crippen LogP contribution in [-0.4, -0.2) is 15.6 Å². The second-order valence-electron chi connectivity index (χ2n) is 3.13. The Morgan fingerprint density at radius 3 is 2.86 bits per heavy atom. The zero-order chi connectivity index (χ0) is 10.3. The van der Waals surface area contributed by atoms with E-state index in [2.05, 4.69) is 15.9 Å². The highest BCUT2D eigenvalue weighted by Crippen LogP contribution is 2.26. The maximum atomic E-state index is 10.7. The van der Waals surface area contributed by atoms with Crippen molar-refractivity contribution in [3.8, 4) is 0 Å². The quantitative estimate of drug-likeness (QED) is 0.849. The molecule has 0 saturated heterocycles. The van der Waals surface area contributed by atoms with Crippen LogP contribution in [0.5, 0.6) is 0 Å². The number of benzene rings is 1. The van der Waals surface area contributed by atoms with Crippen LogP contribution >= 0.6 is 15.9 Å². The monoisotopic (exact) mass is 253 g/mol. The first-order valence-electron chi connectivity index (χ1n) is 4.07. The molecule has 0 aliphatic rings. The van der Waals surface area contributed by atoms with Gasteiger partial charge in [-0.25, -0.2) is 4.79 Å². The number of aromatic nitrogens is 1. The first-order chi connectivity index (χ1) is 6.59. The molecule has 0 aliphatic heterocycles. The number of carbonyl (C=O) groups is 1. The van der Waals surface area contributed by atoms with Crippen LogP contribution in [0.3, 0.4) is 0 Å². The summed E-state index contributed by atoms with van der Waals surface area (Å²) in [5.74, 6) is -0.899. The summed E-state index contributed by atoms with van der Waals surface area (Å²) in [7, 11) is 1.89. The highest BCUT2D eigenvalue weighted by molar-refractivity contribution is 9.10. The molecule has 0 fully saturated rings. The Kier molecular flexibility index (Phi) is 2.07. The minimum absolute atomic E-state index is 0.311. The van der Waals surface area contributed by atoms with E-state index in [1.165, 1.54) is 0 Å². The van der Waals surface area contributed by atoms with Crippen LogP contribution in [0.4, 0.5) is 0 Å². The van der Waals surface area contributed by atoms with E-state index in [0.29, 0.717) is 5.56 Å². The van der Waals surface area contributed by atoms with Crippen molar-refractivity contribution in [2.24, 2.45) is 7.05 Å². The number of carboxylic acid groups (broad SMARTS) is 1. The number of hydrogen-bond acceptors (Lipinski definition) is 1. The van der Waals surface area contributed by atoms with Gasteiger partial charge in [-0.3, -0.25) is 0 Å². The normalized spacial score (nSPS) is 10.7. The summed E-state index contributed by atoms with van der Waals surface area (Å²) in [5.41, 5.74) is 1.22. The Balaban J connectivity index is 2.77. The van der Waals surface area contributed by atoms with E-state index in [1.54, 1.807) is 12.1 Å². The van der Waals surface area contributed by atoms with E-state index < -0.39 is 5.97 Å². The third kappa shape index (κ3) is 1.32. The molecule has 1 aromatic heterocycles. The van der Waals surface area contributed by atoms with Crippen LogP contribution < -0.4 is 0 Å². The highest BCUT2D eigenvalue weighted by atomic mass is 79.9. The molecule has 14 heavy (non-hydrogen) atoms. The molecule has 2 rings (SSSR count). The summed E-state index contributed by atoms with van der Waals surface area (Å²) in [5, 5.41) is 9.85. The second-order valence-corrected chi connectivity index (χ2v) is 3.98. The van der Waals surface area contributed by atoms with Gasteiger partial charge in [-0.2, -0.15) is 0 Å². The molecule has 0 bridgehead atoms. The third-order valence-electron chi connectivity index (χ3n) is 2.19. The summed E-state index contributed by atoms with van der Waals surface area (Å²) in [6, 6.07) is 5.08. The molecule has 0 unspecified atom stereocenters. The molecule has 0 aliphatic carbocycles. The van der Waals surface area contributed by atoms with Gasteiger partial charge in [0.1, 0.15) is 0 Å². The van der Waals surface area contributed by atoms with E-state index in [1.807, 2.05) is 23.9 Å². The van der Waals surface area contributed by atoms with Gasteiger partial charge in [0.2, 0.25) is 0 Å². The molecule has 0 saturated carbocycles. The smallest absolute Gasteiger partial charge is 0.335 e. The molecule has 2 aromatic rings. The lowest BCUT2D eigenvalue weighted by Crippen LogP contribution is -1.96. The molecule has 1 aromatic carbocycles. The topological polar surface area (TPSA) is 42.2 Å². The van der Waals surface area contributed by atoms with E-state index in [0.717, 1.165) is 15.4 Å². The SMILES string of the molecule is Cn1cc(Br)c2ccc(C(=O)O)cc21. The fourth-order valence-electron chi connectivity index (χ4n) is 1.47. The summed E-state index contributed by atoms with van der Waals surface area (Å²) < 4.78 is 2.87. The van der Waals surface area contributed by atoms with Crippen LogP contribution in [0, 0.1) is 0 Å². The molecule has 0 spiro atoms. The van der Waals surface area contributed by atoms with Crippen molar-refractivity contribution in [1.82, 2.24) is 4.57 Å². The van der Waals surface area contributed by atoms with Gasteiger partial charge in [0.15, 0.2) is 0 Å². The molecule has 4 heteroatoms. The van der Waals surface area contributed by atoms with Crippen LogP contribution in [0.1, 0.15) is 10.4 Å². The minimum Gasteiger partial charge on any atom is -0.478 e. The van der Waals surface area contributed by atoms with Crippen LogP contribution in [0.25, 0.3) is 10.9 Å². The lowest BCUT2D eigenvalue weighted by Gasteiger charge is -1.97. The largest absolute Gasteiger partial charge is 0.478 e. The lowest BCUT2D eigenvalue weighted by atomic mass is 10.2. The summed E-state index contributed by atoms with van der Waals surface area (Å²) in [4.78, 5) is 10.7. The van der Waals surface area contributed by atoms with Crippen molar-refractivity contribution in [2.45, 2.75) is 0 Å². The van der Waals surface area contributed by atoms with Gasteiger partial charge in [0.25, 0.3) is 0 Å². The van der Waals surface area contributed by atoms with Crippen LogP contribution in [0.2, 0.25) is 0 Å². The first-order valence-corrected chi connectivity index (χ1v) is 4.87. The number of halogens is 1. The maximum Gasteiger partial charge on any atom is 0.335 e. The van der Waals surface area contributed by atoms with Gasteiger partial charge >= 0.3 is 5.97 Å². The number of carboxylic acids is 1. The molecule has 72 valence electrons. The van der Waals surface area contributed by atoms with Crippen molar-refractivity contribution >= 4 is 32.8 Å². The summed E-state index contributed by atoms with van der Waals surface area (Å²) in [6.07, 6.45) is 1.91. The number of aryl methyl sites for hydroxylation is 1. The Bertz CT molecular complexity index is 516. The summed E-state index contributed by atoms with van der Waals surface area (Å²) in [6.45, 7) is 0. The predicted octanol–water partition coefficient (Wildman–Crippen LogP) is 2.64. The fourth-order valence-corrected chi connectivity index (χ4v) is 2.11. The summed E-state index contributed by atoms with van der Waals surface area (Å²) >= 11 is 3.41. The van der Waals surface area contributed by atoms with E-state index in [4.69, 9.17) is 5.11 Å². The average molecular weight is 254 g/mol. The maximum absolute atomic E-state index is 10.7. The number of fused-ring (bicyclic) bond motifs is 1. The van der Waals surface area contributed by atoms with Crippen molar-refractivity contribution < 1.29 is 9.90 Å². The van der Waals surface area contributed by atoms with Gasteiger partial charge in [0, 0.05) is 28.6 Å². The molecular weight excluding hydrogens is 246 g/mol. The minimum atomic E-state index is -0.899. The third-order valence-corrected chi connectivity index (χ3v) is 2.82. The molecular formula is C10H8BrNO2. The zero-order valence-electron chi connectivity index (χ0n) is 7.49. The average Bonchev–Trinajstić information content (AvgIpc) is 2.42. The van der Waals surface area contributed by atoms with E-state index >= 15 is 0 Å². The number of rotatable bonds is 1. The molecule has 0 atom stereocenters. The Morgan fingerprint density at radius 1 is 1.50 bits per heavy atom. The molecule has 3 nitrogen and oxygen atoms in total. The Labute approximate surface area is 89.1 Å². The van der Waals surface area contributed by atoms with Crippen LogP contribution in [0.15, 0.2) is 28.9 Å². The standard InChI is InChI=1S/C10H8BrNO2/c1-12-5-8(11)7-3-2-6(10(13)14)4-9(7)12/h2-5H,1H3,(H,13,14). The van der Waals surface area contributed by atoms with Crippen molar-refractivity contribution in [3.63, 3.8) is 0 Å². The Hall–Kier alpha value is -1.29. The zero-order valence-corrected chi connectivity index (χ0v) is 9.08. The van der Waals surface area contributed by atoms with Gasteiger partial charge in [-0.15, -0.1) is 0 Å². The van der Waals surface area contributed by atoms with Gasteiger partial charge in [-0.05, 0) is 28.1 Å². The predicted molar refractivity (Wildman–Crippen MR) is 57.6 cm³/mol. The molecule has 0 amide bonds. The lowest BCUT2D eigenvalue weighted by molar-refractivity contribution is 0.0697. The van der Waals surface area contributed by atoms with Crippen LogP contribution in [-0.2, 0) is 7.05 Å². The molecule has 1 heterocycles. The van der Waals surface area contributed by atoms with E-state index in [-0.39, 0.29) is 0 Å². The second kappa shape index (κ2) is 3.13. The fraction of sp³-hybridized carbons (Fsp3) is 0.100. The van der Waals surface area contributed by atoms with Crippen molar-refractivity contribution in [1.29, 1.82) is 0 Å². The van der Waals surface area contributed by atoms with Gasteiger partial charge in [-0.1, -0.05) is 6.07 Å². The number of hydrogen-bond donors (Lipinski definition) is 1. The van der Waals surface area contributed by atoms with Crippen molar-refractivity contribution in [2.75, 3.05) is 0 Å². The van der Waals surface area contributed by atoms with Gasteiger partial charge in [0.05, 0.1) is 5.56 Å². The highest BCUT2D eigenvalue weighted by Gasteiger charge is 2.08. The van der Waals surface area contributed by atoms with Crippen molar-refractivity contribution in [3.05, 3.63) is 34.4 Å². The number of aromatic carboxylic acids is 1. The Morgan fingerprint density at radius 2 is 2.21 bits per heavy atom. The van der Waals surface area contributed by atoms with Gasteiger partial charge < -0.3 is 9.67 Å². The first kappa shape index (κ1) is 9.27. The molecule has 0 radical (unpaired) electrons. The van der Waals surface area contributed by atoms with E-state index in [9.17, 15) is 4.79 Å².